The Balaban J connectivity index is 2.26. The van der Waals surface area contributed by atoms with Gasteiger partial charge in [0, 0.05) is 45.4 Å². The van der Waals surface area contributed by atoms with Gasteiger partial charge in [-0.15, -0.1) is 0 Å². The van der Waals surface area contributed by atoms with Crippen LogP contribution in [0.2, 0.25) is 0 Å². The molecule has 1 N–H and O–H groups in total. The van der Waals surface area contributed by atoms with Crippen LogP contribution in [0.5, 0.6) is 0 Å². The summed E-state index contributed by atoms with van der Waals surface area (Å²) >= 11 is 0. The van der Waals surface area contributed by atoms with Crippen LogP contribution in [-0.2, 0) is 9.47 Å². The summed E-state index contributed by atoms with van der Waals surface area (Å²) in [7, 11) is 1.71. The van der Waals surface area contributed by atoms with Gasteiger partial charge < -0.3 is 14.8 Å². The molecule has 0 saturated carbocycles. The Hall–Kier alpha value is -0.160. The first kappa shape index (κ1) is 16.9. The second-order valence-corrected chi connectivity index (χ2v) is 5.72. The van der Waals surface area contributed by atoms with E-state index in [1.807, 2.05) is 0 Å². The molecular formula is C15H32N2O2. The van der Waals surface area contributed by atoms with Crippen molar-refractivity contribution in [2.24, 2.45) is 5.92 Å². The Bertz CT molecular complexity index is 226. The lowest BCUT2D eigenvalue weighted by Gasteiger charge is -2.42. The molecule has 1 aliphatic heterocycles. The Morgan fingerprint density at radius 1 is 1.32 bits per heavy atom. The van der Waals surface area contributed by atoms with Crippen LogP contribution < -0.4 is 5.32 Å². The number of hydrogen-bond donors (Lipinski definition) is 1. The van der Waals surface area contributed by atoms with Crippen LogP contribution in [0.15, 0.2) is 0 Å². The summed E-state index contributed by atoms with van der Waals surface area (Å²) in [5, 5.41) is 3.61. The number of piperazine rings is 1. The van der Waals surface area contributed by atoms with Crippen molar-refractivity contribution in [1.29, 1.82) is 0 Å². The minimum Gasteiger partial charge on any atom is -0.382 e. The summed E-state index contributed by atoms with van der Waals surface area (Å²) in [5.74, 6) is 0.759. The molecule has 0 aromatic rings. The number of ether oxygens (including phenoxy) is 2. The average Bonchev–Trinajstić information content (AvgIpc) is 2.42. The van der Waals surface area contributed by atoms with Crippen LogP contribution >= 0.6 is 0 Å². The van der Waals surface area contributed by atoms with E-state index in [1.165, 1.54) is 6.42 Å². The lowest BCUT2D eigenvalue weighted by Crippen LogP contribution is -2.57. The van der Waals surface area contributed by atoms with Gasteiger partial charge in [0.2, 0.25) is 0 Å². The highest BCUT2D eigenvalue weighted by atomic mass is 16.5. The quantitative estimate of drug-likeness (QED) is 0.648. The lowest BCUT2D eigenvalue weighted by atomic mass is 9.94. The Morgan fingerprint density at radius 3 is 2.79 bits per heavy atom. The molecule has 1 fully saturated rings. The van der Waals surface area contributed by atoms with Crippen molar-refractivity contribution in [1.82, 2.24) is 10.2 Å². The largest absolute Gasteiger partial charge is 0.382 e. The summed E-state index contributed by atoms with van der Waals surface area (Å²) in [6.45, 7) is 12.6. The highest BCUT2D eigenvalue weighted by Crippen LogP contribution is 2.18. The zero-order valence-corrected chi connectivity index (χ0v) is 13.2. The monoisotopic (exact) mass is 272 g/mol. The molecule has 0 radical (unpaired) electrons. The molecule has 4 heteroatoms. The predicted octanol–water partition coefficient (Wildman–Crippen LogP) is 1.75. The molecule has 0 amide bonds. The van der Waals surface area contributed by atoms with Gasteiger partial charge in [-0.25, -0.2) is 0 Å². The maximum Gasteiger partial charge on any atom is 0.0700 e. The number of rotatable bonds is 9. The molecule has 0 aliphatic carbocycles. The first-order valence-electron chi connectivity index (χ1n) is 7.73. The standard InChI is InChI=1S/C15H32N2O2/c1-5-13(2)15-11-16-14(3)12-17(15)7-6-8-19-10-9-18-4/h13-16H,5-12H2,1-4H3. The molecule has 1 heterocycles. The summed E-state index contributed by atoms with van der Waals surface area (Å²) in [5.41, 5.74) is 0. The van der Waals surface area contributed by atoms with E-state index < -0.39 is 0 Å². The van der Waals surface area contributed by atoms with E-state index >= 15 is 0 Å². The molecule has 1 aliphatic rings. The molecule has 1 saturated heterocycles. The van der Waals surface area contributed by atoms with Gasteiger partial charge in [-0.1, -0.05) is 20.3 Å². The zero-order chi connectivity index (χ0) is 14.1. The van der Waals surface area contributed by atoms with Crippen molar-refractivity contribution < 1.29 is 9.47 Å². The van der Waals surface area contributed by atoms with Crippen LogP contribution in [0.25, 0.3) is 0 Å². The summed E-state index contributed by atoms with van der Waals surface area (Å²) < 4.78 is 10.5. The SMILES string of the molecule is CCC(C)C1CNC(C)CN1CCCOCCOC. The fourth-order valence-electron chi connectivity index (χ4n) is 2.71. The van der Waals surface area contributed by atoms with Crippen LogP contribution in [0, 0.1) is 5.92 Å². The van der Waals surface area contributed by atoms with Crippen molar-refractivity contribution in [3.05, 3.63) is 0 Å². The second-order valence-electron chi connectivity index (χ2n) is 5.72. The molecule has 3 atom stereocenters. The maximum atomic E-state index is 5.55. The number of nitrogens with zero attached hydrogens (tertiary/aromatic N) is 1. The maximum absolute atomic E-state index is 5.55. The number of nitrogens with one attached hydrogen (secondary N) is 1. The van der Waals surface area contributed by atoms with Crippen LogP contribution in [0.1, 0.15) is 33.6 Å². The third-order valence-electron chi connectivity index (χ3n) is 4.12. The molecule has 0 bridgehead atoms. The number of methoxy groups -OCH3 is 1. The minimum atomic E-state index is 0.606. The van der Waals surface area contributed by atoms with Gasteiger partial charge in [0.25, 0.3) is 0 Å². The molecule has 114 valence electrons. The van der Waals surface area contributed by atoms with Gasteiger partial charge in [0.05, 0.1) is 13.2 Å². The molecule has 1 rings (SSSR count). The van der Waals surface area contributed by atoms with Gasteiger partial charge in [-0.05, 0) is 19.3 Å². The molecule has 0 aromatic carbocycles. The van der Waals surface area contributed by atoms with Gasteiger partial charge >= 0.3 is 0 Å². The van der Waals surface area contributed by atoms with Crippen molar-refractivity contribution >= 4 is 0 Å². The minimum absolute atomic E-state index is 0.606. The normalized spacial score (nSPS) is 26.5. The van der Waals surface area contributed by atoms with E-state index in [0.29, 0.717) is 25.3 Å². The molecular weight excluding hydrogens is 240 g/mol. The molecule has 0 spiro atoms. The highest BCUT2D eigenvalue weighted by molar-refractivity contribution is 4.86. The third-order valence-corrected chi connectivity index (χ3v) is 4.12. The van der Waals surface area contributed by atoms with Crippen molar-refractivity contribution in [2.45, 2.75) is 45.7 Å². The Morgan fingerprint density at radius 2 is 2.11 bits per heavy atom. The second kappa shape index (κ2) is 9.70. The van der Waals surface area contributed by atoms with Crippen LogP contribution in [-0.4, -0.2) is 63.5 Å². The molecule has 3 unspecified atom stereocenters. The van der Waals surface area contributed by atoms with Gasteiger partial charge in [-0.2, -0.15) is 0 Å². The summed E-state index contributed by atoms with van der Waals surface area (Å²) in [6.07, 6.45) is 2.37. The molecule has 4 nitrogen and oxygen atoms in total. The van der Waals surface area contributed by atoms with Gasteiger partial charge in [0.1, 0.15) is 0 Å². The predicted molar refractivity (Wildman–Crippen MR) is 79.6 cm³/mol. The van der Waals surface area contributed by atoms with E-state index in [0.717, 1.165) is 38.6 Å². The van der Waals surface area contributed by atoms with E-state index in [2.05, 4.69) is 31.0 Å². The van der Waals surface area contributed by atoms with Gasteiger partial charge in [-0.3, -0.25) is 4.90 Å². The lowest BCUT2D eigenvalue weighted by molar-refractivity contribution is 0.0515. The van der Waals surface area contributed by atoms with Crippen LogP contribution in [0.4, 0.5) is 0 Å². The average molecular weight is 272 g/mol. The van der Waals surface area contributed by atoms with E-state index in [1.54, 1.807) is 7.11 Å². The smallest absolute Gasteiger partial charge is 0.0700 e. The van der Waals surface area contributed by atoms with Crippen LogP contribution in [0.3, 0.4) is 0 Å². The fraction of sp³-hybridized carbons (Fsp3) is 1.00. The first-order valence-corrected chi connectivity index (χ1v) is 7.73. The summed E-state index contributed by atoms with van der Waals surface area (Å²) in [6, 6.07) is 1.29. The molecule has 19 heavy (non-hydrogen) atoms. The Labute approximate surface area is 118 Å². The highest BCUT2D eigenvalue weighted by Gasteiger charge is 2.28. The van der Waals surface area contributed by atoms with Crippen molar-refractivity contribution in [3.8, 4) is 0 Å². The summed E-state index contributed by atoms with van der Waals surface area (Å²) in [4.78, 5) is 2.65. The van der Waals surface area contributed by atoms with Gasteiger partial charge in [0.15, 0.2) is 0 Å². The Kier molecular flexibility index (Phi) is 8.62. The van der Waals surface area contributed by atoms with E-state index in [4.69, 9.17) is 9.47 Å². The third kappa shape index (κ3) is 6.21. The zero-order valence-electron chi connectivity index (χ0n) is 13.2. The topological polar surface area (TPSA) is 33.7 Å². The van der Waals surface area contributed by atoms with Crippen molar-refractivity contribution in [3.63, 3.8) is 0 Å². The molecule has 0 aromatic heterocycles. The number of hydrogen-bond acceptors (Lipinski definition) is 4. The fourth-order valence-corrected chi connectivity index (χ4v) is 2.71. The van der Waals surface area contributed by atoms with E-state index in [9.17, 15) is 0 Å². The first-order chi connectivity index (χ1) is 9.19. The van der Waals surface area contributed by atoms with Crippen molar-refractivity contribution in [2.75, 3.05) is 46.6 Å². The van der Waals surface area contributed by atoms with E-state index in [-0.39, 0.29) is 0 Å².